The second kappa shape index (κ2) is 14.5. The quantitative estimate of drug-likeness (QED) is 0.170. The van der Waals surface area contributed by atoms with Crippen molar-refractivity contribution in [3.63, 3.8) is 0 Å². The third-order valence-corrected chi connectivity index (χ3v) is 8.24. The second-order valence-corrected chi connectivity index (χ2v) is 11.0. The first kappa shape index (κ1) is 29.9. The molecular formula is C35H41F3O2. The van der Waals surface area contributed by atoms with Crippen LogP contribution in [0.25, 0.3) is 11.1 Å². The Balaban J connectivity index is 1.33. The summed E-state index contributed by atoms with van der Waals surface area (Å²) in [5.41, 5.74) is 3.04. The molecule has 1 saturated carbocycles. The van der Waals surface area contributed by atoms with Gasteiger partial charge in [-0.3, -0.25) is 0 Å². The summed E-state index contributed by atoms with van der Waals surface area (Å²) in [6, 6.07) is 15.9. The fourth-order valence-electron chi connectivity index (χ4n) is 5.83. The zero-order chi connectivity index (χ0) is 28.5. The van der Waals surface area contributed by atoms with E-state index in [2.05, 4.69) is 13.5 Å². The number of hydrogen-bond acceptors (Lipinski definition) is 2. The number of hydrogen-bond donors (Lipinski definition) is 1. The molecule has 0 aromatic heterocycles. The maximum absolute atomic E-state index is 15.1. The Hall–Kier alpha value is -3.05. The minimum atomic E-state index is -0.754. The van der Waals surface area contributed by atoms with Crippen molar-refractivity contribution in [3.05, 3.63) is 101 Å². The van der Waals surface area contributed by atoms with Crippen LogP contribution in [0.3, 0.4) is 0 Å². The molecule has 3 aromatic carbocycles. The van der Waals surface area contributed by atoms with Crippen LogP contribution in [0.5, 0.6) is 5.75 Å². The first-order valence-corrected chi connectivity index (χ1v) is 14.7. The Kier molecular flexibility index (Phi) is 10.9. The van der Waals surface area contributed by atoms with Crippen LogP contribution in [0.2, 0.25) is 0 Å². The third-order valence-electron chi connectivity index (χ3n) is 8.24. The van der Waals surface area contributed by atoms with Crippen LogP contribution in [-0.4, -0.2) is 17.8 Å². The normalized spacial score (nSPS) is 17.9. The van der Waals surface area contributed by atoms with E-state index in [-0.39, 0.29) is 23.8 Å². The molecule has 0 spiro atoms. The summed E-state index contributed by atoms with van der Waals surface area (Å²) in [5.74, 6) is -1.07. The molecule has 5 heteroatoms. The van der Waals surface area contributed by atoms with Gasteiger partial charge in [-0.1, -0.05) is 55.8 Å². The lowest BCUT2D eigenvalue weighted by molar-refractivity contribution is 0.0727. The standard InChI is InChI=1S/C35H41F3O2/c1-3-5-6-22-40-29-19-21-30(32(36)23-29)25-11-8-24(9-12-25)10-13-28-18-20-31(35(38)34(28)37)26-14-16-27(17-15-26)33(39)7-4-2/h3,8-9,11-12,18-21,23,26-27,33,39H,1,4-7,10,13-17,22H2,2H3. The smallest absolute Gasteiger partial charge is 0.162 e. The first-order valence-electron chi connectivity index (χ1n) is 14.7. The van der Waals surface area contributed by atoms with E-state index in [4.69, 9.17) is 4.74 Å². The second-order valence-electron chi connectivity index (χ2n) is 11.0. The van der Waals surface area contributed by atoms with Crippen molar-refractivity contribution >= 4 is 0 Å². The van der Waals surface area contributed by atoms with Gasteiger partial charge in [0.15, 0.2) is 11.6 Å². The number of benzene rings is 3. The minimum Gasteiger partial charge on any atom is -0.493 e. The van der Waals surface area contributed by atoms with Crippen LogP contribution in [0.1, 0.15) is 80.9 Å². The fraction of sp³-hybridized carbons (Fsp3) is 0.429. The molecule has 0 saturated heterocycles. The van der Waals surface area contributed by atoms with E-state index >= 15 is 8.78 Å². The van der Waals surface area contributed by atoms with Crippen LogP contribution < -0.4 is 4.74 Å². The van der Waals surface area contributed by atoms with Gasteiger partial charge >= 0.3 is 0 Å². The van der Waals surface area contributed by atoms with E-state index in [1.807, 2.05) is 30.3 Å². The van der Waals surface area contributed by atoms with Gasteiger partial charge in [0.1, 0.15) is 11.6 Å². The lowest BCUT2D eigenvalue weighted by atomic mass is 9.75. The molecule has 40 heavy (non-hydrogen) atoms. The van der Waals surface area contributed by atoms with Gasteiger partial charge < -0.3 is 9.84 Å². The molecule has 1 N–H and O–H groups in total. The van der Waals surface area contributed by atoms with Crippen LogP contribution in [0.4, 0.5) is 13.2 Å². The lowest BCUT2D eigenvalue weighted by Crippen LogP contribution is -2.25. The summed E-state index contributed by atoms with van der Waals surface area (Å²) in [4.78, 5) is 0. The first-order chi connectivity index (χ1) is 19.4. The van der Waals surface area contributed by atoms with Gasteiger partial charge in [-0.25, -0.2) is 13.2 Å². The van der Waals surface area contributed by atoms with E-state index in [9.17, 15) is 9.50 Å². The van der Waals surface area contributed by atoms with E-state index < -0.39 is 11.6 Å². The molecule has 0 bridgehead atoms. The molecule has 1 aliphatic rings. The van der Waals surface area contributed by atoms with Crippen molar-refractivity contribution in [2.75, 3.05) is 6.61 Å². The molecule has 4 rings (SSSR count). The van der Waals surface area contributed by atoms with Gasteiger partial charge in [-0.15, -0.1) is 6.58 Å². The topological polar surface area (TPSA) is 29.5 Å². The number of halogens is 3. The van der Waals surface area contributed by atoms with Crippen molar-refractivity contribution in [3.8, 4) is 16.9 Å². The molecule has 1 unspecified atom stereocenters. The van der Waals surface area contributed by atoms with Crippen molar-refractivity contribution in [2.45, 2.75) is 83.2 Å². The van der Waals surface area contributed by atoms with Crippen LogP contribution in [-0.2, 0) is 12.8 Å². The van der Waals surface area contributed by atoms with Crippen LogP contribution in [0.15, 0.2) is 67.3 Å². The largest absolute Gasteiger partial charge is 0.493 e. The fourth-order valence-corrected chi connectivity index (χ4v) is 5.83. The Labute approximate surface area is 236 Å². The number of aryl methyl sites for hydroxylation is 2. The highest BCUT2D eigenvalue weighted by atomic mass is 19.2. The Morgan fingerprint density at radius 2 is 1.70 bits per heavy atom. The lowest BCUT2D eigenvalue weighted by Gasteiger charge is -2.32. The SMILES string of the molecule is C=CCCCOc1ccc(-c2ccc(CCc3ccc(C4CCC(C(O)CCC)CC4)c(F)c3F)cc2)c(F)c1. The number of unbranched alkanes of at least 4 members (excludes halogenated alkanes) is 1. The van der Waals surface area contributed by atoms with E-state index in [0.717, 1.165) is 62.5 Å². The zero-order valence-electron chi connectivity index (χ0n) is 23.5. The highest BCUT2D eigenvalue weighted by Gasteiger charge is 2.29. The minimum absolute atomic E-state index is 0.000506. The maximum Gasteiger partial charge on any atom is 0.162 e. The zero-order valence-corrected chi connectivity index (χ0v) is 23.5. The summed E-state index contributed by atoms with van der Waals surface area (Å²) in [5, 5.41) is 10.3. The monoisotopic (exact) mass is 550 g/mol. The van der Waals surface area contributed by atoms with Gasteiger partial charge in [-0.05, 0) is 104 Å². The summed E-state index contributed by atoms with van der Waals surface area (Å²) < 4.78 is 50.4. The predicted molar refractivity (Wildman–Crippen MR) is 156 cm³/mol. The Bertz CT molecular complexity index is 1250. The van der Waals surface area contributed by atoms with E-state index in [1.165, 1.54) is 6.07 Å². The summed E-state index contributed by atoms with van der Waals surface area (Å²) in [7, 11) is 0. The number of rotatable bonds is 13. The molecule has 0 radical (unpaired) electrons. The number of allylic oxidation sites excluding steroid dienone is 1. The third kappa shape index (κ3) is 7.57. The molecule has 0 amide bonds. The predicted octanol–water partition coefficient (Wildman–Crippen LogP) is 9.34. The van der Waals surface area contributed by atoms with Gasteiger partial charge in [0.25, 0.3) is 0 Å². The molecule has 0 heterocycles. The highest BCUT2D eigenvalue weighted by molar-refractivity contribution is 5.65. The molecule has 1 fully saturated rings. The van der Waals surface area contributed by atoms with Gasteiger partial charge in [0, 0.05) is 11.6 Å². The van der Waals surface area contributed by atoms with Gasteiger partial charge in [0.2, 0.25) is 0 Å². The average Bonchev–Trinajstić information content (AvgIpc) is 2.97. The average molecular weight is 551 g/mol. The van der Waals surface area contributed by atoms with E-state index in [0.29, 0.717) is 41.9 Å². The van der Waals surface area contributed by atoms with Gasteiger partial charge in [-0.2, -0.15) is 0 Å². The molecule has 1 aliphatic carbocycles. The molecule has 214 valence electrons. The van der Waals surface area contributed by atoms with E-state index in [1.54, 1.807) is 24.3 Å². The highest BCUT2D eigenvalue weighted by Crippen LogP contribution is 2.39. The summed E-state index contributed by atoms with van der Waals surface area (Å²) in [6.45, 7) is 6.26. The Morgan fingerprint density at radius 1 is 0.950 bits per heavy atom. The number of aliphatic hydroxyl groups is 1. The molecule has 3 aromatic rings. The Morgan fingerprint density at radius 3 is 2.38 bits per heavy atom. The van der Waals surface area contributed by atoms with Crippen molar-refractivity contribution in [1.82, 2.24) is 0 Å². The van der Waals surface area contributed by atoms with Gasteiger partial charge in [0.05, 0.1) is 12.7 Å². The number of ether oxygens (including phenoxy) is 1. The van der Waals surface area contributed by atoms with Crippen LogP contribution in [0, 0.1) is 23.4 Å². The molecule has 1 atom stereocenters. The summed E-state index contributed by atoms with van der Waals surface area (Å²) in [6.07, 6.45) is 9.16. The van der Waals surface area contributed by atoms with Crippen molar-refractivity contribution in [1.29, 1.82) is 0 Å². The summed E-state index contributed by atoms with van der Waals surface area (Å²) >= 11 is 0. The molecule has 0 aliphatic heterocycles. The molecule has 2 nitrogen and oxygen atoms in total. The van der Waals surface area contributed by atoms with Crippen molar-refractivity contribution < 1.29 is 23.0 Å². The molecular weight excluding hydrogens is 509 g/mol. The number of aliphatic hydroxyl groups excluding tert-OH is 1. The maximum atomic E-state index is 15.1. The van der Waals surface area contributed by atoms with Crippen molar-refractivity contribution in [2.24, 2.45) is 5.92 Å². The van der Waals surface area contributed by atoms with Crippen LogP contribution >= 0.6 is 0 Å².